The van der Waals surface area contributed by atoms with Crippen molar-refractivity contribution in [1.82, 2.24) is 0 Å². The molecule has 2 aromatic rings. The zero-order valence-electron chi connectivity index (χ0n) is 13.5. The van der Waals surface area contributed by atoms with Gasteiger partial charge in [0.2, 0.25) is 0 Å². The zero-order chi connectivity index (χ0) is 17.4. The van der Waals surface area contributed by atoms with Crippen LogP contribution < -0.4 is 20.5 Å². The van der Waals surface area contributed by atoms with Gasteiger partial charge in [-0.25, -0.2) is 0 Å². The van der Waals surface area contributed by atoms with E-state index >= 15 is 0 Å². The molecule has 0 aliphatic rings. The van der Waals surface area contributed by atoms with Crippen LogP contribution in [0.15, 0.2) is 48.5 Å². The van der Waals surface area contributed by atoms with E-state index in [1.807, 2.05) is 19.1 Å². The van der Waals surface area contributed by atoms with Crippen LogP contribution in [0.4, 0.5) is 5.69 Å². The molecule has 0 spiro atoms. The SMILES string of the molecule is CCCOc1ccccc1NC(=O)c1cccc(OCC(N)=O)c1. The second kappa shape index (κ2) is 8.57. The molecule has 0 aliphatic carbocycles. The number of carbonyl (C=O) groups excluding carboxylic acids is 2. The Morgan fingerprint density at radius 3 is 2.62 bits per heavy atom. The molecular formula is C18H20N2O4. The molecule has 2 amide bonds. The summed E-state index contributed by atoms with van der Waals surface area (Å²) in [5.41, 5.74) is 6.04. The summed E-state index contributed by atoms with van der Waals surface area (Å²) in [6.07, 6.45) is 0.877. The summed E-state index contributed by atoms with van der Waals surface area (Å²) < 4.78 is 10.8. The Morgan fingerprint density at radius 1 is 1.08 bits per heavy atom. The Hall–Kier alpha value is -3.02. The maximum Gasteiger partial charge on any atom is 0.255 e. The van der Waals surface area contributed by atoms with Gasteiger partial charge in [0.1, 0.15) is 11.5 Å². The predicted octanol–water partition coefficient (Wildman–Crippen LogP) is 2.59. The van der Waals surface area contributed by atoms with E-state index in [2.05, 4.69) is 5.32 Å². The molecule has 0 saturated carbocycles. The fraction of sp³-hybridized carbons (Fsp3) is 0.222. The third kappa shape index (κ3) is 5.01. The average Bonchev–Trinajstić information content (AvgIpc) is 2.59. The van der Waals surface area contributed by atoms with Crippen LogP contribution in [0.1, 0.15) is 23.7 Å². The summed E-state index contributed by atoms with van der Waals surface area (Å²) in [4.78, 5) is 23.2. The minimum absolute atomic E-state index is 0.237. The molecule has 0 bridgehead atoms. The molecule has 2 aromatic carbocycles. The largest absolute Gasteiger partial charge is 0.491 e. The topological polar surface area (TPSA) is 90.7 Å². The van der Waals surface area contributed by atoms with Gasteiger partial charge in [-0.15, -0.1) is 0 Å². The maximum absolute atomic E-state index is 12.4. The third-order valence-electron chi connectivity index (χ3n) is 3.07. The maximum atomic E-state index is 12.4. The minimum Gasteiger partial charge on any atom is -0.491 e. The average molecular weight is 328 g/mol. The Morgan fingerprint density at radius 2 is 1.88 bits per heavy atom. The molecule has 0 unspecified atom stereocenters. The van der Waals surface area contributed by atoms with Gasteiger partial charge in [0, 0.05) is 5.56 Å². The molecule has 0 aliphatic heterocycles. The van der Waals surface area contributed by atoms with Gasteiger partial charge in [0.05, 0.1) is 12.3 Å². The highest BCUT2D eigenvalue weighted by Crippen LogP contribution is 2.25. The second-order valence-corrected chi connectivity index (χ2v) is 5.08. The van der Waals surface area contributed by atoms with Crippen molar-refractivity contribution in [1.29, 1.82) is 0 Å². The number of rotatable bonds is 8. The van der Waals surface area contributed by atoms with Gasteiger partial charge in [-0.3, -0.25) is 9.59 Å². The number of ether oxygens (including phenoxy) is 2. The molecule has 6 nitrogen and oxygen atoms in total. The molecule has 0 saturated heterocycles. The van der Waals surface area contributed by atoms with Gasteiger partial charge in [-0.2, -0.15) is 0 Å². The molecule has 126 valence electrons. The van der Waals surface area contributed by atoms with E-state index in [4.69, 9.17) is 15.2 Å². The van der Waals surface area contributed by atoms with Gasteiger partial charge in [-0.1, -0.05) is 25.1 Å². The van der Waals surface area contributed by atoms with E-state index in [1.54, 1.807) is 36.4 Å². The van der Waals surface area contributed by atoms with Gasteiger partial charge in [0.25, 0.3) is 11.8 Å². The van der Waals surface area contributed by atoms with Crippen molar-refractivity contribution < 1.29 is 19.1 Å². The summed E-state index contributed by atoms with van der Waals surface area (Å²) in [5, 5.41) is 2.82. The van der Waals surface area contributed by atoms with Crippen molar-refractivity contribution in [2.45, 2.75) is 13.3 Å². The summed E-state index contributed by atoms with van der Waals surface area (Å²) >= 11 is 0. The van der Waals surface area contributed by atoms with Crippen LogP contribution >= 0.6 is 0 Å². The summed E-state index contributed by atoms with van der Waals surface area (Å²) in [7, 11) is 0. The van der Waals surface area contributed by atoms with E-state index in [1.165, 1.54) is 0 Å². The minimum atomic E-state index is -0.577. The summed E-state index contributed by atoms with van der Waals surface area (Å²) in [6.45, 7) is 2.35. The Balaban J connectivity index is 2.10. The summed E-state index contributed by atoms with van der Waals surface area (Å²) in [5.74, 6) is 0.143. The lowest BCUT2D eigenvalue weighted by molar-refractivity contribution is -0.119. The Labute approximate surface area is 140 Å². The number of carbonyl (C=O) groups is 2. The van der Waals surface area contributed by atoms with Gasteiger partial charge >= 0.3 is 0 Å². The smallest absolute Gasteiger partial charge is 0.255 e. The van der Waals surface area contributed by atoms with E-state index in [9.17, 15) is 9.59 Å². The molecule has 0 heterocycles. The Kier molecular flexibility index (Phi) is 6.19. The number of nitrogens with one attached hydrogen (secondary N) is 1. The highest BCUT2D eigenvalue weighted by molar-refractivity contribution is 6.05. The van der Waals surface area contributed by atoms with Crippen LogP contribution in [-0.4, -0.2) is 25.0 Å². The van der Waals surface area contributed by atoms with Crippen molar-refractivity contribution in [3.63, 3.8) is 0 Å². The molecule has 24 heavy (non-hydrogen) atoms. The van der Waals surface area contributed by atoms with Crippen molar-refractivity contribution in [3.8, 4) is 11.5 Å². The lowest BCUT2D eigenvalue weighted by atomic mass is 10.2. The highest BCUT2D eigenvalue weighted by Gasteiger charge is 2.11. The Bertz CT molecular complexity index is 716. The first kappa shape index (κ1) is 17.3. The number of amides is 2. The van der Waals surface area contributed by atoms with Gasteiger partial charge in [-0.05, 0) is 36.8 Å². The third-order valence-corrected chi connectivity index (χ3v) is 3.07. The van der Waals surface area contributed by atoms with Crippen molar-refractivity contribution in [3.05, 3.63) is 54.1 Å². The van der Waals surface area contributed by atoms with Crippen LogP contribution in [0.3, 0.4) is 0 Å². The number of hydrogen-bond acceptors (Lipinski definition) is 4. The van der Waals surface area contributed by atoms with Crippen LogP contribution in [0.2, 0.25) is 0 Å². The number of para-hydroxylation sites is 2. The first-order chi connectivity index (χ1) is 11.6. The number of nitrogens with two attached hydrogens (primary N) is 1. The molecule has 0 atom stereocenters. The zero-order valence-corrected chi connectivity index (χ0v) is 13.5. The summed E-state index contributed by atoms with van der Waals surface area (Å²) in [6, 6.07) is 13.8. The molecule has 0 radical (unpaired) electrons. The van der Waals surface area contributed by atoms with Crippen molar-refractivity contribution in [2.24, 2.45) is 5.73 Å². The standard InChI is InChI=1S/C18H20N2O4/c1-2-10-23-16-9-4-3-8-15(16)20-18(22)13-6-5-7-14(11-13)24-12-17(19)21/h3-9,11H,2,10,12H2,1H3,(H2,19,21)(H,20,22). The molecule has 2 rings (SSSR count). The lowest BCUT2D eigenvalue weighted by Gasteiger charge is -2.12. The lowest BCUT2D eigenvalue weighted by Crippen LogP contribution is -2.20. The molecule has 6 heteroatoms. The molecule has 3 N–H and O–H groups in total. The van der Waals surface area contributed by atoms with E-state index in [0.29, 0.717) is 29.4 Å². The fourth-order valence-electron chi connectivity index (χ4n) is 1.98. The van der Waals surface area contributed by atoms with Crippen LogP contribution in [-0.2, 0) is 4.79 Å². The van der Waals surface area contributed by atoms with Crippen LogP contribution in [0.25, 0.3) is 0 Å². The first-order valence-electron chi connectivity index (χ1n) is 7.64. The van der Waals surface area contributed by atoms with Crippen molar-refractivity contribution in [2.75, 3.05) is 18.5 Å². The first-order valence-corrected chi connectivity index (χ1v) is 7.64. The number of hydrogen-bond donors (Lipinski definition) is 2. The van der Waals surface area contributed by atoms with E-state index < -0.39 is 5.91 Å². The number of primary amides is 1. The van der Waals surface area contributed by atoms with E-state index in [-0.39, 0.29) is 12.5 Å². The van der Waals surface area contributed by atoms with Crippen LogP contribution in [0, 0.1) is 0 Å². The quantitative estimate of drug-likeness (QED) is 0.779. The predicted molar refractivity (Wildman–Crippen MR) is 91.3 cm³/mol. The second-order valence-electron chi connectivity index (χ2n) is 5.08. The highest BCUT2D eigenvalue weighted by atomic mass is 16.5. The molecule has 0 fully saturated rings. The number of anilines is 1. The van der Waals surface area contributed by atoms with Crippen LogP contribution in [0.5, 0.6) is 11.5 Å². The van der Waals surface area contributed by atoms with Gasteiger partial charge < -0.3 is 20.5 Å². The van der Waals surface area contributed by atoms with E-state index in [0.717, 1.165) is 6.42 Å². The fourth-order valence-corrected chi connectivity index (χ4v) is 1.98. The van der Waals surface area contributed by atoms with Gasteiger partial charge in [0.15, 0.2) is 6.61 Å². The monoisotopic (exact) mass is 328 g/mol. The normalized spacial score (nSPS) is 10.0. The molecular weight excluding hydrogens is 308 g/mol. The number of benzene rings is 2. The van der Waals surface area contributed by atoms with Crippen molar-refractivity contribution >= 4 is 17.5 Å². The molecule has 0 aromatic heterocycles.